The van der Waals surface area contributed by atoms with Crippen molar-refractivity contribution in [2.24, 2.45) is 0 Å². The van der Waals surface area contributed by atoms with E-state index in [-0.39, 0.29) is 0 Å². The minimum absolute atomic E-state index is 0.476. The van der Waals surface area contributed by atoms with E-state index < -0.39 is 0 Å². The minimum atomic E-state index is 0.476. The molecule has 0 aliphatic rings. The maximum Gasteiger partial charge on any atom is 0.175 e. The summed E-state index contributed by atoms with van der Waals surface area (Å²) in [6, 6.07) is 8.06. The summed E-state index contributed by atoms with van der Waals surface area (Å²) in [5, 5.41) is 3.91. The number of nitrogen functional groups attached to an aromatic ring is 1. The van der Waals surface area contributed by atoms with Gasteiger partial charge in [0, 0.05) is 10.9 Å². The number of rotatable bonds is 6. The Hall–Kier alpha value is -1.29. The van der Waals surface area contributed by atoms with Crippen LogP contribution in [0.1, 0.15) is 38.4 Å². The van der Waals surface area contributed by atoms with Crippen LogP contribution in [0.4, 0.5) is 5.82 Å². The van der Waals surface area contributed by atoms with Gasteiger partial charge in [-0.25, -0.2) is 0 Å². The van der Waals surface area contributed by atoms with Crippen LogP contribution < -0.4 is 5.73 Å². The molecular formula is C15H19BrN2O. The molecule has 1 aromatic carbocycles. The largest absolute Gasteiger partial charge is 0.380 e. The van der Waals surface area contributed by atoms with Crippen LogP contribution in [-0.4, -0.2) is 5.16 Å². The lowest BCUT2D eigenvalue weighted by Crippen LogP contribution is -1.91. The fraction of sp³-hybridized carbons (Fsp3) is 0.400. The molecule has 0 atom stereocenters. The molecule has 2 aromatic rings. The van der Waals surface area contributed by atoms with Gasteiger partial charge in [0.2, 0.25) is 0 Å². The van der Waals surface area contributed by atoms with Gasteiger partial charge < -0.3 is 10.3 Å². The second-order valence-corrected chi connectivity index (χ2v) is 5.60. The number of nitrogens with two attached hydrogens (primary N) is 1. The van der Waals surface area contributed by atoms with Crippen molar-refractivity contribution in [1.29, 1.82) is 0 Å². The molecule has 0 fully saturated rings. The lowest BCUT2D eigenvalue weighted by Gasteiger charge is -2.03. The quantitative estimate of drug-likeness (QED) is 0.776. The Kier molecular flexibility index (Phi) is 5.02. The standard InChI is InChI=1S/C15H19BrN2O/c1-2-3-4-5-9-13-14(15(17)18-19-13)11-7-6-8-12(16)10-11/h6-8,10H,2-5,9H2,1H3,(H2,17,18). The van der Waals surface area contributed by atoms with Crippen LogP contribution >= 0.6 is 15.9 Å². The van der Waals surface area contributed by atoms with Crippen LogP contribution in [-0.2, 0) is 6.42 Å². The maximum absolute atomic E-state index is 5.93. The van der Waals surface area contributed by atoms with Gasteiger partial charge in [-0.15, -0.1) is 0 Å². The topological polar surface area (TPSA) is 52.0 Å². The van der Waals surface area contributed by atoms with Crippen LogP contribution in [0.3, 0.4) is 0 Å². The normalized spacial score (nSPS) is 10.8. The van der Waals surface area contributed by atoms with Crippen LogP contribution in [0.25, 0.3) is 11.1 Å². The van der Waals surface area contributed by atoms with E-state index in [1.54, 1.807) is 0 Å². The van der Waals surface area contributed by atoms with Crippen molar-refractivity contribution in [3.63, 3.8) is 0 Å². The van der Waals surface area contributed by atoms with E-state index >= 15 is 0 Å². The van der Waals surface area contributed by atoms with Crippen molar-refractivity contribution >= 4 is 21.7 Å². The first-order chi connectivity index (χ1) is 9.22. The zero-order chi connectivity index (χ0) is 13.7. The third-order valence-corrected chi connectivity index (χ3v) is 3.65. The molecule has 3 nitrogen and oxygen atoms in total. The third kappa shape index (κ3) is 3.60. The number of anilines is 1. The molecule has 2 rings (SSSR count). The minimum Gasteiger partial charge on any atom is -0.380 e. The van der Waals surface area contributed by atoms with E-state index in [2.05, 4.69) is 28.0 Å². The lowest BCUT2D eigenvalue weighted by atomic mass is 10.0. The number of halogens is 1. The monoisotopic (exact) mass is 322 g/mol. The zero-order valence-electron chi connectivity index (χ0n) is 11.2. The highest BCUT2D eigenvalue weighted by Crippen LogP contribution is 2.32. The molecule has 19 heavy (non-hydrogen) atoms. The van der Waals surface area contributed by atoms with Crippen molar-refractivity contribution in [2.75, 3.05) is 5.73 Å². The third-order valence-electron chi connectivity index (χ3n) is 3.16. The van der Waals surface area contributed by atoms with Crippen molar-refractivity contribution in [3.8, 4) is 11.1 Å². The molecule has 4 heteroatoms. The Bertz CT molecular complexity index is 537. The van der Waals surface area contributed by atoms with E-state index in [0.29, 0.717) is 5.82 Å². The molecule has 0 amide bonds. The predicted molar refractivity (Wildman–Crippen MR) is 81.9 cm³/mol. The summed E-state index contributed by atoms with van der Waals surface area (Å²) in [5.41, 5.74) is 7.93. The second-order valence-electron chi connectivity index (χ2n) is 4.69. The molecule has 0 aliphatic heterocycles. The molecule has 0 aliphatic carbocycles. The average Bonchev–Trinajstić information content (AvgIpc) is 2.76. The molecule has 0 saturated heterocycles. The molecule has 102 valence electrons. The van der Waals surface area contributed by atoms with Crippen molar-refractivity contribution in [2.45, 2.75) is 39.0 Å². The molecule has 0 radical (unpaired) electrons. The summed E-state index contributed by atoms with van der Waals surface area (Å²) in [5.74, 6) is 1.37. The average molecular weight is 323 g/mol. The van der Waals surface area contributed by atoms with Crippen LogP contribution in [0.15, 0.2) is 33.3 Å². The Labute approximate surface area is 122 Å². The SMILES string of the molecule is CCCCCCc1onc(N)c1-c1cccc(Br)c1. The first-order valence-electron chi connectivity index (χ1n) is 6.72. The van der Waals surface area contributed by atoms with Crippen molar-refractivity contribution in [3.05, 3.63) is 34.5 Å². The van der Waals surface area contributed by atoms with E-state index in [0.717, 1.165) is 34.2 Å². The van der Waals surface area contributed by atoms with Gasteiger partial charge in [-0.2, -0.15) is 0 Å². The van der Waals surface area contributed by atoms with Crippen LogP contribution in [0, 0.1) is 0 Å². The highest BCUT2D eigenvalue weighted by molar-refractivity contribution is 9.10. The molecule has 0 unspecified atom stereocenters. The van der Waals surface area contributed by atoms with Crippen LogP contribution in [0.5, 0.6) is 0 Å². The highest BCUT2D eigenvalue weighted by atomic mass is 79.9. The lowest BCUT2D eigenvalue weighted by molar-refractivity contribution is 0.382. The molecular weight excluding hydrogens is 304 g/mol. The summed E-state index contributed by atoms with van der Waals surface area (Å²) >= 11 is 3.48. The Morgan fingerprint density at radius 3 is 2.84 bits per heavy atom. The van der Waals surface area contributed by atoms with Gasteiger partial charge in [-0.05, 0) is 24.1 Å². The van der Waals surface area contributed by atoms with Crippen molar-refractivity contribution < 1.29 is 4.52 Å². The Balaban J connectivity index is 2.18. The van der Waals surface area contributed by atoms with Gasteiger partial charge in [-0.1, -0.05) is 59.4 Å². The number of aromatic nitrogens is 1. The van der Waals surface area contributed by atoms with Crippen molar-refractivity contribution in [1.82, 2.24) is 5.16 Å². The summed E-state index contributed by atoms with van der Waals surface area (Å²) in [6.45, 7) is 2.21. The zero-order valence-corrected chi connectivity index (χ0v) is 12.7. The summed E-state index contributed by atoms with van der Waals surface area (Å²) in [4.78, 5) is 0. The molecule has 1 aromatic heterocycles. The van der Waals surface area contributed by atoms with E-state index in [1.807, 2.05) is 24.3 Å². The fourth-order valence-corrected chi connectivity index (χ4v) is 2.57. The van der Waals surface area contributed by atoms with Gasteiger partial charge in [0.05, 0.1) is 5.56 Å². The molecule has 0 spiro atoms. The highest BCUT2D eigenvalue weighted by Gasteiger charge is 2.15. The van der Waals surface area contributed by atoms with E-state index in [9.17, 15) is 0 Å². The first-order valence-corrected chi connectivity index (χ1v) is 7.51. The fourth-order valence-electron chi connectivity index (χ4n) is 2.17. The molecule has 0 saturated carbocycles. The number of hydrogen-bond acceptors (Lipinski definition) is 3. The molecule has 0 bridgehead atoms. The number of benzene rings is 1. The van der Waals surface area contributed by atoms with Gasteiger partial charge in [0.1, 0.15) is 5.76 Å². The maximum atomic E-state index is 5.93. The predicted octanol–water partition coefficient (Wildman–Crippen LogP) is 4.81. The number of aryl methyl sites for hydroxylation is 1. The Morgan fingerprint density at radius 2 is 2.11 bits per heavy atom. The number of hydrogen-bond donors (Lipinski definition) is 1. The van der Waals surface area contributed by atoms with E-state index in [4.69, 9.17) is 10.3 Å². The van der Waals surface area contributed by atoms with Gasteiger partial charge in [0.15, 0.2) is 5.82 Å². The summed E-state index contributed by atoms with van der Waals surface area (Å²) < 4.78 is 6.41. The second kappa shape index (κ2) is 6.75. The summed E-state index contributed by atoms with van der Waals surface area (Å²) in [6.07, 6.45) is 5.72. The van der Waals surface area contributed by atoms with Gasteiger partial charge in [0.25, 0.3) is 0 Å². The number of nitrogens with zero attached hydrogens (tertiary/aromatic N) is 1. The molecule has 1 heterocycles. The first kappa shape index (κ1) is 14.1. The van der Waals surface area contributed by atoms with E-state index in [1.165, 1.54) is 19.3 Å². The van der Waals surface area contributed by atoms with Gasteiger partial charge in [-0.3, -0.25) is 0 Å². The summed E-state index contributed by atoms with van der Waals surface area (Å²) in [7, 11) is 0. The smallest absolute Gasteiger partial charge is 0.175 e. The molecule has 2 N–H and O–H groups in total. The van der Waals surface area contributed by atoms with Crippen LogP contribution in [0.2, 0.25) is 0 Å². The Morgan fingerprint density at radius 1 is 1.26 bits per heavy atom. The number of unbranched alkanes of at least 4 members (excludes halogenated alkanes) is 3. The van der Waals surface area contributed by atoms with Gasteiger partial charge >= 0.3 is 0 Å².